The van der Waals surface area contributed by atoms with Gasteiger partial charge >= 0.3 is 0 Å². The molecule has 0 bridgehead atoms. The molecule has 0 spiro atoms. The molecule has 2 aromatic heterocycles. The minimum Gasteiger partial charge on any atom is -0.496 e. The lowest BCUT2D eigenvalue weighted by Crippen LogP contribution is -1.90. The molecule has 3 nitrogen and oxygen atoms in total. The Morgan fingerprint density at radius 2 is 2.00 bits per heavy atom. The normalized spacial score (nSPS) is 14.0. The zero-order valence-corrected chi connectivity index (χ0v) is 13.1. The average Bonchev–Trinajstić information content (AvgIpc) is 3.32. The molecule has 3 aromatic rings. The van der Waals surface area contributed by atoms with Crippen LogP contribution in [0, 0.1) is 0 Å². The molecule has 0 unspecified atom stereocenters. The third kappa shape index (κ3) is 2.40. The van der Waals surface area contributed by atoms with E-state index in [-0.39, 0.29) is 0 Å². The summed E-state index contributed by atoms with van der Waals surface area (Å²) in [6.45, 7) is 0. The fourth-order valence-electron chi connectivity index (χ4n) is 2.71. The molecule has 1 aliphatic rings. The number of para-hydroxylation sites is 1. The maximum absolute atomic E-state index is 5.44. The monoisotopic (exact) mass is 308 g/mol. The highest BCUT2D eigenvalue weighted by atomic mass is 32.1. The molecule has 0 saturated heterocycles. The smallest absolute Gasteiger partial charge is 0.128 e. The fourth-order valence-corrected chi connectivity index (χ4v) is 3.56. The molecular weight excluding hydrogens is 292 g/mol. The summed E-state index contributed by atoms with van der Waals surface area (Å²) in [5.74, 6) is 1.55. The van der Waals surface area contributed by atoms with Crippen LogP contribution in [0.5, 0.6) is 5.75 Å². The molecule has 4 rings (SSSR count). The lowest BCUT2D eigenvalue weighted by molar-refractivity contribution is 0.416. The third-order valence-electron chi connectivity index (χ3n) is 3.99. The van der Waals surface area contributed by atoms with Crippen molar-refractivity contribution in [3.05, 3.63) is 53.7 Å². The average molecular weight is 308 g/mol. The van der Waals surface area contributed by atoms with Gasteiger partial charge in [0.1, 0.15) is 10.8 Å². The number of pyridine rings is 1. The fraction of sp³-hybridized carbons (Fsp3) is 0.222. The summed E-state index contributed by atoms with van der Waals surface area (Å²) in [5, 5.41) is 3.13. The Bertz CT molecular complexity index is 808. The molecule has 1 aromatic carbocycles. The first kappa shape index (κ1) is 13.5. The summed E-state index contributed by atoms with van der Waals surface area (Å²) in [4.78, 5) is 9.12. The number of methoxy groups -OCH3 is 1. The molecule has 110 valence electrons. The first-order valence-electron chi connectivity index (χ1n) is 7.40. The van der Waals surface area contributed by atoms with Crippen LogP contribution in [0.15, 0.2) is 48.1 Å². The predicted molar refractivity (Wildman–Crippen MR) is 89.3 cm³/mol. The van der Waals surface area contributed by atoms with Crippen molar-refractivity contribution in [3.8, 4) is 27.6 Å². The van der Waals surface area contributed by atoms with E-state index in [1.807, 2.05) is 36.7 Å². The highest BCUT2D eigenvalue weighted by Gasteiger charge is 2.27. The van der Waals surface area contributed by atoms with E-state index >= 15 is 0 Å². The van der Waals surface area contributed by atoms with Crippen LogP contribution in [-0.4, -0.2) is 17.1 Å². The summed E-state index contributed by atoms with van der Waals surface area (Å²) < 4.78 is 5.44. The van der Waals surface area contributed by atoms with E-state index in [2.05, 4.69) is 16.4 Å². The summed E-state index contributed by atoms with van der Waals surface area (Å²) in [7, 11) is 1.69. The number of aromatic nitrogens is 2. The number of rotatable bonds is 4. The van der Waals surface area contributed by atoms with Gasteiger partial charge in [0, 0.05) is 28.9 Å². The number of thiazole rings is 1. The van der Waals surface area contributed by atoms with Crippen molar-refractivity contribution >= 4 is 11.3 Å². The minimum atomic E-state index is 0.691. The van der Waals surface area contributed by atoms with Crippen LogP contribution < -0.4 is 4.74 Å². The number of benzene rings is 1. The zero-order chi connectivity index (χ0) is 14.9. The molecular formula is C18H16N2OS. The molecule has 0 aliphatic heterocycles. The molecule has 1 aliphatic carbocycles. The zero-order valence-electron chi connectivity index (χ0n) is 12.3. The van der Waals surface area contributed by atoms with Crippen molar-refractivity contribution in [1.29, 1.82) is 0 Å². The van der Waals surface area contributed by atoms with E-state index in [0.717, 1.165) is 22.0 Å². The van der Waals surface area contributed by atoms with Crippen LogP contribution in [-0.2, 0) is 0 Å². The lowest BCUT2D eigenvalue weighted by Gasteiger charge is -2.06. The van der Waals surface area contributed by atoms with Gasteiger partial charge in [0.05, 0.1) is 12.8 Å². The van der Waals surface area contributed by atoms with Gasteiger partial charge in [-0.05, 0) is 42.5 Å². The quantitative estimate of drug-likeness (QED) is 0.697. The summed E-state index contributed by atoms with van der Waals surface area (Å²) in [6.07, 6.45) is 6.38. The Kier molecular flexibility index (Phi) is 3.39. The van der Waals surface area contributed by atoms with Gasteiger partial charge in [0.15, 0.2) is 0 Å². The van der Waals surface area contributed by atoms with E-state index in [4.69, 9.17) is 9.72 Å². The maximum atomic E-state index is 5.44. The van der Waals surface area contributed by atoms with Crippen molar-refractivity contribution in [3.63, 3.8) is 0 Å². The Balaban J connectivity index is 1.76. The molecule has 1 saturated carbocycles. The van der Waals surface area contributed by atoms with E-state index in [0.29, 0.717) is 5.92 Å². The Hall–Kier alpha value is -2.20. The second-order valence-corrected chi connectivity index (χ2v) is 6.33. The highest BCUT2D eigenvalue weighted by molar-refractivity contribution is 7.13. The van der Waals surface area contributed by atoms with Crippen molar-refractivity contribution < 1.29 is 4.74 Å². The first-order chi connectivity index (χ1) is 10.9. The molecule has 2 heterocycles. The summed E-state index contributed by atoms with van der Waals surface area (Å²) in [6, 6.07) is 10.1. The Morgan fingerprint density at radius 3 is 2.82 bits per heavy atom. The Morgan fingerprint density at radius 1 is 1.14 bits per heavy atom. The summed E-state index contributed by atoms with van der Waals surface area (Å²) in [5.41, 5.74) is 4.56. The van der Waals surface area contributed by atoms with Crippen molar-refractivity contribution in [2.75, 3.05) is 7.11 Å². The van der Waals surface area contributed by atoms with Crippen molar-refractivity contribution in [1.82, 2.24) is 9.97 Å². The van der Waals surface area contributed by atoms with Gasteiger partial charge in [-0.2, -0.15) is 0 Å². The highest BCUT2D eigenvalue weighted by Crippen LogP contribution is 2.45. The largest absolute Gasteiger partial charge is 0.496 e. The standard InChI is InChI=1S/C18H16N2OS/c1-21-17-5-3-2-4-14(17)16-11-22-18(20-16)15-10-19-9-8-13(15)12-6-7-12/h2-5,8-12H,6-7H2,1H3. The minimum absolute atomic E-state index is 0.691. The van der Waals surface area contributed by atoms with E-state index in [1.54, 1.807) is 18.4 Å². The van der Waals surface area contributed by atoms with Gasteiger partial charge in [-0.3, -0.25) is 4.98 Å². The molecule has 0 radical (unpaired) electrons. The van der Waals surface area contributed by atoms with Crippen molar-refractivity contribution in [2.45, 2.75) is 18.8 Å². The molecule has 0 amide bonds. The van der Waals surface area contributed by atoms with Gasteiger partial charge in [0.25, 0.3) is 0 Å². The van der Waals surface area contributed by atoms with Gasteiger partial charge in [-0.1, -0.05) is 12.1 Å². The topological polar surface area (TPSA) is 35.0 Å². The first-order valence-corrected chi connectivity index (χ1v) is 8.28. The van der Waals surface area contributed by atoms with Crippen LogP contribution >= 0.6 is 11.3 Å². The van der Waals surface area contributed by atoms with Crippen LogP contribution in [0.1, 0.15) is 24.3 Å². The molecule has 1 fully saturated rings. The molecule has 22 heavy (non-hydrogen) atoms. The number of nitrogens with zero attached hydrogens (tertiary/aromatic N) is 2. The number of hydrogen-bond donors (Lipinski definition) is 0. The predicted octanol–water partition coefficient (Wildman–Crippen LogP) is 4.76. The van der Waals surface area contributed by atoms with Crippen LogP contribution in [0.4, 0.5) is 0 Å². The number of ether oxygens (including phenoxy) is 1. The maximum Gasteiger partial charge on any atom is 0.128 e. The van der Waals surface area contributed by atoms with E-state index in [1.165, 1.54) is 24.0 Å². The SMILES string of the molecule is COc1ccccc1-c1csc(-c2cnccc2C2CC2)n1. The van der Waals surface area contributed by atoms with E-state index in [9.17, 15) is 0 Å². The van der Waals surface area contributed by atoms with Gasteiger partial charge in [-0.25, -0.2) is 4.98 Å². The van der Waals surface area contributed by atoms with Gasteiger partial charge in [-0.15, -0.1) is 11.3 Å². The Labute approximate surface area is 133 Å². The van der Waals surface area contributed by atoms with Gasteiger partial charge in [0.2, 0.25) is 0 Å². The molecule has 4 heteroatoms. The van der Waals surface area contributed by atoms with Crippen LogP contribution in [0.25, 0.3) is 21.8 Å². The van der Waals surface area contributed by atoms with E-state index < -0.39 is 0 Å². The van der Waals surface area contributed by atoms with Crippen molar-refractivity contribution in [2.24, 2.45) is 0 Å². The second kappa shape index (κ2) is 5.54. The summed E-state index contributed by atoms with van der Waals surface area (Å²) >= 11 is 1.67. The molecule has 0 atom stereocenters. The second-order valence-electron chi connectivity index (χ2n) is 5.48. The number of hydrogen-bond acceptors (Lipinski definition) is 4. The van der Waals surface area contributed by atoms with Crippen LogP contribution in [0.3, 0.4) is 0 Å². The van der Waals surface area contributed by atoms with Gasteiger partial charge < -0.3 is 4.74 Å². The van der Waals surface area contributed by atoms with Crippen LogP contribution in [0.2, 0.25) is 0 Å². The molecule has 0 N–H and O–H groups in total. The third-order valence-corrected chi connectivity index (χ3v) is 4.87. The lowest BCUT2D eigenvalue weighted by atomic mass is 10.1.